The lowest BCUT2D eigenvalue weighted by Gasteiger charge is -2.50. The van der Waals surface area contributed by atoms with Crippen LogP contribution in [0.4, 0.5) is 4.39 Å². The second kappa shape index (κ2) is 9.16. The summed E-state index contributed by atoms with van der Waals surface area (Å²) in [5.74, 6) is 2.13. The fourth-order valence-electron chi connectivity index (χ4n) is 7.33. The Morgan fingerprint density at radius 1 is 1.15 bits per heavy atom. The van der Waals surface area contributed by atoms with E-state index in [-0.39, 0.29) is 17.1 Å². The summed E-state index contributed by atoms with van der Waals surface area (Å²) in [4.78, 5) is 25.4. The van der Waals surface area contributed by atoms with Gasteiger partial charge in [0.25, 0.3) is 5.91 Å². The van der Waals surface area contributed by atoms with Crippen LogP contribution in [0.25, 0.3) is 0 Å². The molecule has 0 saturated heterocycles. The van der Waals surface area contributed by atoms with Crippen molar-refractivity contribution in [3.63, 3.8) is 0 Å². The molecular weight excluding hydrogens is 429 g/mol. The normalized spacial score (nSPS) is 29.8. The zero-order valence-corrected chi connectivity index (χ0v) is 19.9. The molecule has 2 N–H and O–H groups in total. The van der Waals surface area contributed by atoms with Gasteiger partial charge < -0.3 is 10.4 Å². The molecule has 5 rings (SSSR count). The highest BCUT2D eigenvalue weighted by Crippen LogP contribution is 2.62. The molecule has 34 heavy (non-hydrogen) atoms. The number of Topliss-reactive ketones (excluding diaryl/α,β-unsaturated/α-hetero) is 1. The third-order valence-corrected chi connectivity index (χ3v) is 8.95. The quantitative estimate of drug-likeness (QED) is 0.534. The number of carbonyl (C=O) groups is 2. The monoisotopic (exact) mass is 463 g/mol. The standard InChI is InChI=1S/C29H34FNO3/c1-29-14-13-24-23-12-10-22(32)16-19(23)7-11-25(24)27(29)20(17-26(29)33)4-2-3-15-31-28(34)18-5-8-21(30)9-6-18/h5-6,8-10,12,16,20,24-25,27,32H,2-4,7,11,13-15,17H2,1H3,(H,31,34)/t20-,24+,25+,27-,29+/m0/s1. The van der Waals surface area contributed by atoms with Crippen molar-refractivity contribution in [1.82, 2.24) is 5.32 Å². The molecule has 0 aliphatic heterocycles. The molecule has 0 bridgehead atoms. The summed E-state index contributed by atoms with van der Waals surface area (Å²) in [6, 6.07) is 11.4. The van der Waals surface area contributed by atoms with E-state index in [9.17, 15) is 19.1 Å². The van der Waals surface area contributed by atoms with Gasteiger partial charge in [-0.3, -0.25) is 9.59 Å². The highest BCUT2D eigenvalue weighted by molar-refractivity contribution is 5.94. The molecule has 2 fully saturated rings. The van der Waals surface area contributed by atoms with Crippen molar-refractivity contribution in [2.45, 2.75) is 64.2 Å². The summed E-state index contributed by atoms with van der Waals surface area (Å²) < 4.78 is 13.1. The molecule has 0 unspecified atom stereocenters. The first kappa shape index (κ1) is 23.1. The first-order chi connectivity index (χ1) is 16.4. The number of ketones is 1. The number of nitrogens with one attached hydrogen (secondary N) is 1. The third-order valence-electron chi connectivity index (χ3n) is 8.95. The van der Waals surface area contributed by atoms with E-state index in [1.54, 1.807) is 0 Å². The maximum atomic E-state index is 13.1. The van der Waals surface area contributed by atoms with E-state index in [1.807, 2.05) is 12.1 Å². The van der Waals surface area contributed by atoms with Crippen LogP contribution in [0, 0.1) is 29.0 Å². The van der Waals surface area contributed by atoms with Gasteiger partial charge in [-0.15, -0.1) is 0 Å². The second-order valence-electron chi connectivity index (χ2n) is 10.8. The number of unbranched alkanes of at least 4 members (excludes halogenated alkanes) is 1. The lowest BCUT2D eigenvalue weighted by atomic mass is 9.54. The van der Waals surface area contributed by atoms with Crippen molar-refractivity contribution in [1.29, 1.82) is 0 Å². The molecule has 2 aromatic carbocycles. The zero-order chi connectivity index (χ0) is 23.9. The summed E-state index contributed by atoms with van der Waals surface area (Å²) in [5.41, 5.74) is 2.94. The van der Waals surface area contributed by atoms with E-state index in [0.29, 0.717) is 53.7 Å². The number of rotatable bonds is 6. The number of phenols is 1. The molecule has 0 radical (unpaired) electrons. The lowest BCUT2D eigenvalue weighted by Crippen LogP contribution is -2.44. The van der Waals surface area contributed by atoms with Gasteiger partial charge in [-0.25, -0.2) is 4.39 Å². The fourth-order valence-corrected chi connectivity index (χ4v) is 7.33. The van der Waals surface area contributed by atoms with E-state index in [2.05, 4.69) is 18.3 Å². The molecule has 0 heterocycles. The maximum Gasteiger partial charge on any atom is 0.251 e. The highest BCUT2D eigenvalue weighted by atomic mass is 19.1. The van der Waals surface area contributed by atoms with Crippen LogP contribution < -0.4 is 5.32 Å². The lowest BCUT2D eigenvalue weighted by molar-refractivity contribution is -0.129. The molecule has 5 atom stereocenters. The Labute approximate surface area is 201 Å². The Bertz CT molecular complexity index is 1080. The molecule has 3 aliphatic carbocycles. The highest BCUT2D eigenvalue weighted by Gasteiger charge is 2.58. The van der Waals surface area contributed by atoms with Crippen LogP contribution in [-0.4, -0.2) is 23.3 Å². The number of hydrogen-bond donors (Lipinski definition) is 2. The predicted octanol–water partition coefficient (Wildman–Crippen LogP) is 5.78. The number of aromatic hydroxyl groups is 1. The van der Waals surface area contributed by atoms with Gasteiger partial charge in [-0.05, 0) is 110 Å². The Hall–Kier alpha value is -2.69. The van der Waals surface area contributed by atoms with Crippen LogP contribution in [0.15, 0.2) is 42.5 Å². The van der Waals surface area contributed by atoms with Crippen molar-refractivity contribution < 1.29 is 19.1 Å². The fraction of sp³-hybridized carbons (Fsp3) is 0.517. The largest absolute Gasteiger partial charge is 0.508 e. The molecule has 0 aromatic heterocycles. The van der Waals surface area contributed by atoms with E-state index in [1.165, 1.54) is 35.4 Å². The molecule has 180 valence electrons. The number of halogens is 1. The smallest absolute Gasteiger partial charge is 0.251 e. The minimum absolute atomic E-state index is 0.175. The van der Waals surface area contributed by atoms with Gasteiger partial charge in [-0.2, -0.15) is 0 Å². The molecule has 0 spiro atoms. The van der Waals surface area contributed by atoms with Crippen LogP contribution in [0.5, 0.6) is 5.75 Å². The van der Waals surface area contributed by atoms with Gasteiger partial charge in [-0.1, -0.05) is 19.4 Å². The Morgan fingerprint density at radius 2 is 1.94 bits per heavy atom. The Balaban J connectivity index is 1.20. The van der Waals surface area contributed by atoms with E-state index in [4.69, 9.17) is 0 Å². The average molecular weight is 464 g/mol. The number of benzene rings is 2. The summed E-state index contributed by atoms with van der Waals surface area (Å²) in [5, 5.41) is 12.8. The molecule has 1 amide bonds. The number of fused-ring (bicyclic) bond motifs is 5. The summed E-state index contributed by atoms with van der Waals surface area (Å²) >= 11 is 0. The first-order valence-corrected chi connectivity index (χ1v) is 12.8. The Morgan fingerprint density at radius 3 is 2.74 bits per heavy atom. The van der Waals surface area contributed by atoms with Gasteiger partial charge in [0.1, 0.15) is 17.3 Å². The van der Waals surface area contributed by atoms with Gasteiger partial charge in [0.05, 0.1) is 0 Å². The zero-order valence-electron chi connectivity index (χ0n) is 19.9. The van der Waals surface area contributed by atoms with Crippen LogP contribution in [0.2, 0.25) is 0 Å². The molecule has 5 heteroatoms. The topological polar surface area (TPSA) is 66.4 Å². The van der Waals surface area contributed by atoms with Gasteiger partial charge in [0.2, 0.25) is 0 Å². The van der Waals surface area contributed by atoms with Crippen molar-refractivity contribution in [3.05, 3.63) is 65.0 Å². The summed E-state index contributed by atoms with van der Waals surface area (Å²) in [6.45, 7) is 2.80. The SMILES string of the molecule is C[C@]12CC[C@@H]3c4ccc(O)cc4CC[C@H]3[C@@H]1[C@@H](CCCCNC(=O)c1ccc(F)cc1)CC2=O. The summed E-state index contributed by atoms with van der Waals surface area (Å²) in [7, 11) is 0. The van der Waals surface area contributed by atoms with Crippen molar-refractivity contribution in [2.75, 3.05) is 6.54 Å². The molecule has 3 aliphatic rings. The summed E-state index contributed by atoms with van der Waals surface area (Å²) in [6.07, 6.45) is 7.66. The maximum absolute atomic E-state index is 13.1. The van der Waals surface area contributed by atoms with Gasteiger partial charge in [0.15, 0.2) is 0 Å². The van der Waals surface area contributed by atoms with Crippen LogP contribution in [-0.2, 0) is 11.2 Å². The van der Waals surface area contributed by atoms with E-state index in [0.717, 1.165) is 44.9 Å². The van der Waals surface area contributed by atoms with Crippen LogP contribution in [0.1, 0.15) is 79.3 Å². The molecule has 4 nitrogen and oxygen atoms in total. The average Bonchev–Trinajstić information content (AvgIpc) is 3.08. The van der Waals surface area contributed by atoms with Crippen LogP contribution in [0.3, 0.4) is 0 Å². The van der Waals surface area contributed by atoms with Crippen molar-refractivity contribution in [2.24, 2.45) is 23.2 Å². The minimum atomic E-state index is -0.348. The molecule has 2 saturated carbocycles. The number of amides is 1. The predicted molar refractivity (Wildman–Crippen MR) is 129 cm³/mol. The molecule has 2 aromatic rings. The minimum Gasteiger partial charge on any atom is -0.508 e. The number of carbonyl (C=O) groups excluding carboxylic acids is 2. The second-order valence-corrected chi connectivity index (χ2v) is 10.8. The number of hydrogen-bond acceptors (Lipinski definition) is 3. The molecular formula is C29H34FNO3. The van der Waals surface area contributed by atoms with Crippen molar-refractivity contribution in [3.8, 4) is 5.75 Å². The third kappa shape index (κ3) is 4.14. The van der Waals surface area contributed by atoms with E-state index >= 15 is 0 Å². The van der Waals surface area contributed by atoms with Crippen molar-refractivity contribution >= 4 is 11.7 Å². The number of aryl methyl sites for hydroxylation is 1. The Kier molecular flexibility index (Phi) is 6.22. The number of phenolic OH excluding ortho intramolecular Hbond substituents is 1. The van der Waals surface area contributed by atoms with Gasteiger partial charge >= 0.3 is 0 Å². The van der Waals surface area contributed by atoms with Gasteiger partial charge in [0, 0.05) is 23.9 Å². The van der Waals surface area contributed by atoms with Crippen LogP contribution >= 0.6 is 0 Å². The first-order valence-electron chi connectivity index (χ1n) is 12.8. The van der Waals surface area contributed by atoms with E-state index < -0.39 is 0 Å².